The van der Waals surface area contributed by atoms with E-state index in [-0.39, 0.29) is 6.10 Å². The van der Waals surface area contributed by atoms with Crippen LogP contribution >= 0.6 is 0 Å². The highest BCUT2D eigenvalue weighted by Crippen LogP contribution is 2.50. The van der Waals surface area contributed by atoms with Gasteiger partial charge >= 0.3 is 0 Å². The van der Waals surface area contributed by atoms with Crippen molar-refractivity contribution in [2.75, 3.05) is 0 Å². The molecular weight excluding hydrogens is 248 g/mol. The van der Waals surface area contributed by atoms with Crippen LogP contribution in [0.3, 0.4) is 0 Å². The highest BCUT2D eigenvalue weighted by Gasteiger charge is 2.43. The Morgan fingerprint density at radius 2 is 1.90 bits per heavy atom. The van der Waals surface area contributed by atoms with Crippen molar-refractivity contribution < 1.29 is 9.84 Å². The number of hydrogen-bond acceptors (Lipinski definition) is 2. The van der Waals surface area contributed by atoms with Crippen molar-refractivity contribution in [3.05, 3.63) is 29.8 Å². The second-order valence-electron chi connectivity index (χ2n) is 6.89. The number of ether oxygens (including phenoxy) is 1. The first kappa shape index (κ1) is 13.9. The van der Waals surface area contributed by atoms with E-state index in [2.05, 4.69) is 0 Å². The van der Waals surface area contributed by atoms with Gasteiger partial charge in [-0.2, -0.15) is 0 Å². The molecule has 0 bridgehead atoms. The molecule has 3 rings (SSSR count). The van der Waals surface area contributed by atoms with Crippen molar-refractivity contribution in [2.24, 2.45) is 11.8 Å². The highest BCUT2D eigenvalue weighted by molar-refractivity contribution is 5.38. The van der Waals surface area contributed by atoms with Crippen LogP contribution in [0.15, 0.2) is 24.3 Å². The zero-order chi connectivity index (χ0) is 14.2. The minimum atomic E-state index is -0.684. The van der Waals surface area contributed by atoms with E-state index in [1.165, 1.54) is 19.3 Å². The molecule has 1 N–H and O–H groups in total. The lowest BCUT2D eigenvalue weighted by molar-refractivity contribution is -0.0276. The van der Waals surface area contributed by atoms with Gasteiger partial charge in [0.15, 0.2) is 0 Å². The second-order valence-corrected chi connectivity index (χ2v) is 6.89. The summed E-state index contributed by atoms with van der Waals surface area (Å²) in [6, 6.07) is 8.05. The molecule has 2 aliphatic carbocycles. The molecule has 1 aromatic rings. The van der Waals surface area contributed by atoms with Crippen molar-refractivity contribution in [1.82, 2.24) is 0 Å². The van der Waals surface area contributed by atoms with Crippen LogP contribution in [0.25, 0.3) is 0 Å². The van der Waals surface area contributed by atoms with Gasteiger partial charge in [-0.25, -0.2) is 0 Å². The summed E-state index contributed by atoms with van der Waals surface area (Å²) in [6.07, 6.45) is 7.08. The molecular formula is C18H26O2. The zero-order valence-electron chi connectivity index (χ0n) is 12.6. The molecule has 2 fully saturated rings. The van der Waals surface area contributed by atoms with Gasteiger partial charge in [-0.15, -0.1) is 0 Å². The minimum Gasteiger partial charge on any atom is -0.491 e. The van der Waals surface area contributed by atoms with E-state index in [0.717, 1.165) is 36.5 Å². The molecule has 2 aliphatic rings. The van der Waals surface area contributed by atoms with Gasteiger partial charge in [0.1, 0.15) is 5.75 Å². The van der Waals surface area contributed by atoms with Crippen LogP contribution in [0.2, 0.25) is 0 Å². The molecule has 2 unspecified atom stereocenters. The molecule has 0 aliphatic heterocycles. The molecule has 2 heteroatoms. The molecule has 2 atom stereocenters. The Morgan fingerprint density at radius 1 is 1.15 bits per heavy atom. The molecule has 0 heterocycles. The van der Waals surface area contributed by atoms with Crippen LogP contribution in [-0.2, 0) is 5.60 Å². The number of rotatable bonds is 4. The average Bonchev–Trinajstić information content (AvgIpc) is 3.23. The molecule has 0 spiro atoms. The van der Waals surface area contributed by atoms with Crippen LogP contribution in [0.5, 0.6) is 5.75 Å². The van der Waals surface area contributed by atoms with Crippen molar-refractivity contribution in [3.8, 4) is 5.75 Å². The monoisotopic (exact) mass is 274 g/mol. The molecule has 110 valence electrons. The Balaban J connectivity index is 1.86. The third kappa shape index (κ3) is 2.85. The third-order valence-corrected chi connectivity index (χ3v) is 4.80. The normalized spacial score (nSPS) is 30.5. The Labute approximate surface area is 122 Å². The maximum atomic E-state index is 11.2. The van der Waals surface area contributed by atoms with Gasteiger partial charge in [0, 0.05) is 5.56 Å². The quantitative estimate of drug-likeness (QED) is 0.889. The van der Waals surface area contributed by atoms with E-state index >= 15 is 0 Å². The van der Waals surface area contributed by atoms with Crippen molar-refractivity contribution >= 4 is 0 Å². The van der Waals surface area contributed by atoms with Gasteiger partial charge in [-0.3, -0.25) is 0 Å². The van der Waals surface area contributed by atoms with Gasteiger partial charge in [0.2, 0.25) is 0 Å². The first-order valence-electron chi connectivity index (χ1n) is 8.07. The molecule has 0 aromatic heterocycles. The van der Waals surface area contributed by atoms with Gasteiger partial charge in [0.25, 0.3) is 0 Å². The van der Waals surface area contributed by atoms with Crippen LogP contribution in [0, 0.1) is 11.8 Å². The SMILES string of the molecule is CC(C)Oc1ccccc1C1(O)CCCC(C2CC2)C1. The van der Waals surface area contributed by atoms with E-state index in [1.54, 1.807) is 0 Å². The third-order valence-electron chi connectivity index (χ3n) is 4.80. The molecule has 1 aromatic carbocycles. The summed E-state index contributed by atoms with van der Waals surface area (Å²) < 4.78 is 5.92. The largest absolute Gasteiger partial charge is 0.491 e. The maximum absolute atomic E-state index is 11.2. The Hall–Kier alpha value is -1.02. The first-order valence-corrected chi connectivity index (χ1v) is 8.07. The highest BCUT2D eigenvalue weighted by atomic mass is 16.5. The van der Waals surface area contributed by atoms with E-state index < -0.39 is 5.60 Å². The molecule has 0 radical (unpaired) electrons. The van der Waals surface area contributed by atoms with Gasteiger partial charge in [0.05, 0.1) is 11.7 Å². The summed E-state index contributed by atoms with van der Waals surface area (Å²) in [7, 11) is 0. The van der Waals surface area contributed by atoms with Crippen LogP contribution in [0.1, 0.15) is 57.9 Å². The van der Waals surface area contributed by atoms with Gasteiger partial charge in [-0.05, 0) is 70.3 Å². The van der Waals surface area contributed by atoms with Crippen LogP contribution in [0.4, 0.5) is 0 Å². The van der Waals surface area contributed by atoms with Crippen LogP contribution < -0.4 is 4.74 Å². The average molecular weight is 274 g/mol. The molecule has 2 saturated carbocycles. The van der Waals surface area contributed by atoms with E-state index in [0.29, 0.717) is 5.92 Å². The Kier molecular flexibility index (Phi) is 3.76. The summed E-state index contributed by atoms with van der Waals surface area (Å²) in [4.78, 5) is 0. The Bertz CT molecular complexity index is 464. The zero-order valence-corrected chi connectivity index (χ0v) is 12.6. The fourth-order valence-electron chi connectivity index (χ4n) is 3.72. The number of para-hydroxylation sites is 1. The van der Waals surface area contributed by atoms with Gasteiger partial charge < -0.3 is 9.84 Å². The van der Waals surface area contributed by atoms with Gasteiger partial charge in [-0.1, -0.05) is 18.2 Å². The standard InChI is InChI=1S/C18H26O2/c1-13(2)20-17-8-4-3-7-16(17)18(19)11-5-6-15(12-18)14-9-10-14/h3-4,7-8,13-15,19H,5-6,9-12H2,1-2H3. The van der Waals surface area contributed by atoms with E-state index in [9.17, 15) is 5.11 Å². The summed E-state index contributed by atoms with van der Waals surface area (Å²) in [5.41, 5.74) is 0.316. The lowest BCUT2D eigenvalue weighted by Gasteiger charge is -2.38. The predicted molar refractivity (Wildman–Crippen MR) is 80.8 cm³/mol. The smallest absolute Gasteiger partial charge is 0.125 e. The molecule has 2 nitrogen and oxygen atoms in total. The first-order chi connectivity index (χ1) is 9.58. The molecule has 20 heavy (non-hydrogen) atoms. The number of hydrogen-bond donors (Lipinski definition) is 1. The summed E-state index contributed by atoms with van der Waals surface area (Å²) in [5.74, 6) is 2.45. The molecule has 0 saturated heterocycles. The number of benzene rings is 1. The molecule has 0 amide bonds. The van der Waals surface area contributed by atoms with Crippen molar-refractivity contribution in [2.45, 2.75) is 64.1 Å². The minimum absolute atomic E-state index is 0.141. The van der Waals surface area contributed by atoms with Crippen molar-refractivity contribution in [1.29, 1.82) is 0 Å². The predicted octanol–water partition coefficient (Wildman–Crippen LogP) is 4.26. The van der Waals surface area contributed by atoms with E-state index in [4.69, 9.17) is 4.74 Å². The summed E-state index contributed by atoms with van der Waals surface area (Å²) in [6.45, 7) is 4.07. The summed E-state index contributed by atoms with van der Waals surface area (Å²) >= 11 is 0. The fraction of sp³-hybridized carbons (Fsp3) is 0.667. The van der Waals surface area contributed by atoms with E-state index in [1.807, 2.05) is 38.1 Å². The number of aliphatic hydroxyl groups is 1. The Morgan fingerprint density at radius 3 is 2.60 bits per heavy atom. The van der Waals surface area contributed by atoms with Crippen molar-refractivity contribution in [3.63, 3.8) is 0 Å². The topological polar surface area (TPSA) is 29.5 Å². The van der Waals surface area contributed by atoms with Crippen LogP contribution in [-0.4, -0.2) is 11.2 Å². The lowest BCUT2D eigenvalue weighted by atomic mass is 9.72. The lowest BCUT2D eigenvalue weighted by Crippen LogP contribution is -2.34. The fourth-order valence-corrected chi connectivity index (χ4v) is 3.72. The second kappa shape index (κ2) is 5.40. The maximum Gasteiger partial charge on any atom is 0.125 e. The summed E-state index contributed by atoms with van der Waals surface area (Å²) in [5, 5.41) is 11.2.